The van der Waals surface area contributed by atoms with Crippen LogP contribution in [0.1, 0.15) is 47.4 Å². The largest absolute Gasteiger partial charge is 0.488 e. The topological polar surface area (TPSA) is 88.5 Å². The van der Waals surface area contributed by atoms with Crippen LogP contribution in [-0.2, 0) is 6.18 Å². The summed E-state index contributed by atoms with van der Waals surface area (Å²) in [5.41, 5.74) is -2.27. The second-order valence-electron chi connectivity index (χ2n) is 8.74. The predicted octanol–water partition coefficient (Wildman–Crippen LogP) is 5.59. The van der Waals surface area contributed by atoms with Gasteiger partial charge in [0.2, 0.25) is 0 Å². The van der Waals surface area contributed by atoms with Crippen molar-refractivity contribution in [3.63, 3.8) is 0 Å². The summed E-state index contributed by atoms with van der Waals surface area (Å²) in [7, 11) is 0. The maximum absolute atomic E-state index is 13.9. The van der Waals surface area contributed by atoms with E-state index in [9.17, 15) is 22.8 Å². The van der Waals surface area contributed by atoms with Gasteiger partial charge in [0.25, 0.3) is 11.5 Å². The number of amides is 1. The molecule has 2 N–H and O–H groups in total. The van der Waals surface area contributed by atoms with Gasteiger partial charge in [0, 0.05) is 0 Å². The van der Waals surface area contributed by atoms with Crippen LogP contribution in [0.4, 0.5) is 18.9 Å². The van der Waals surface area contributed by atoms with Crippen LogP contribution in [0.2, 0.25) is 0 Å². The molecule has 1 fully saturated rings. The number of ether oxygens (including phenoxy) is 1. The molecule has 0 radical (unpaired) electrons. The number of alkyl halides is 3. The van der Waals surface area contributed by atoms with Gasteiger partial charge in [0.05, 0.1) is 23.0 Å². The molecule has 1 aliphatic carbocycles. The average Bonchev–Trinajstić information content (AvgIpc) is 3.49. The van der Waals surface area contributed by atoms with Gasteiger partial charge in [0.15, 0.2) is 5.65 Å². The van der Waals surface area contributed by atoms with E-state index in [4.69, 9.17) is 4.74 Å². The van der Waals surface area contributed by atoms with Crippen molar-refractivity contribution in [3.05, 3.63) is 81.9 Å². The number of hydrogen-bond acceptors (Lipinski definition) is 4. The standard InChI is InChI=1S/C26H23F3N4O3/c1-15-20(24(34)31-18-13-7-8-14-19(18)36-17-11-5-6-12-17)25(35)33-23(30-15)21(16-9-3-2-4-10-16)22(32-33)26(27,28)29/h2-4,7-10,13-14,17,32H,5-6,11-12H2,1H3,(H,31,34). The molecule has 0 bridgehead atoms. The summed E-state index contributed by atoms with van der Waals surface area (Å²) in [5, 5.41) is 4.81. The zero-order valence-electron chi connectivity index (χ0n) is 19.4. The maximum atomic E-state index is 13.9. The highest BCUT2D eigenvalue weighted by molar-refractivity contribution is 6.05. The first kappa shape index (κ1) is 23.7. The van der Waals surface area contributed by atoms with Crippen LogP contribution in [0, 0.1) is 6.92 Å². The molecule has 10 heteroatoms. The summed E-state index contributed by atoms with van der Waals surface area (Å²) in [5.74, 6) is -0.318. The molecule has 186 valence electrons. The summed E-state index contributed by atoms with van der Waals surface area (Å²) < 4.78 is 48.4. The van der Waals surface area contributed by atoms with E-state index in [2.05, 4.69) is 15.4 Å². The van der Waals surface area contributed by atoms with Gasteiger partial charge in [-0.15, -0.1) is 0 Å². The van der Waals surface area contributed by atoms with Gasteiger partial charge in [-0.05, 0) is 50.3 Å². The van der Waals surface area contributed by atoms with Crippen molar-refractivity contribution in [3.8, 4) is 16.9 Å². The van der Waals surface area contributed by atoms with Crippen molar-refractivity contribution < 1.29 is 22.7 Å². The molecule has 1 amide bonds. The molecule has 0 spiro atoms. The molecule has 2 aromatic carbocycles. The fraction of sp³-hybridized carbons (Fsp3) is 0.269. The molecule has 1 saturated carbocycles. The average molecular weight is 496 g/mol. The number of nitrogens with zero attached hydrogens (tertiary/aromatic N) is 2. The Morgan fingerprint density at radius 3 is 2.44 bits per heavy atom. The lowest BCUT2D eigenvalue weighted by Crippen LogP contribution is -2.29. The summed E-state index contributed by atoms with van der Waals surface area (Å²) >= 11 is 0. The fourth-order valence-corrected chi connectivity index (χ4v) is 4.57. The van der Waals surface area contributed by atoms with Gasteiger partial charge >= 0.3 is 6.18 Å². The summed E-state index contributed by atoms with van der Waals surface area (Å²) in [6, 6.07) is 14.7. The van der Waals surface area contributed by atoms with Gasteiger partial charge in [-0.1, -0.05) is 42.5 Å². The number of anilines is 1. The third kappa shape index (κ3) is 4.34. The number of carbonyl (C=O) groups is 1. The Balaban J connectivity index is 1.57. The van der Waals surface area contributed by atoms with E-state index in [1.165, 1.54) is 19.1 Å². The van der Waals surface area contributed by atoms with Crippen LogP contribution < -0.4 is 15.6 Å². The molecule has 0 aliphatic heterocycles. The zero-order chi connectivity index (χ0) is 25.4. The van der Waals surface area contributed by atoms with E-state index >= 15 is 0 Å². The Kier molecular flexibility index (Phi) is 6.03. The quantitative estimate of drug-likeness (QED) is 0.377. The first-order chi connectivity index (χ1) is 17.2. The molecule has 0 unspecified atom stereocenters. The van der Waals surface area contributed by atoms with Crippen LogP contribution >= 0.6 is 0 Å². The number of nitrogens with one attached hydrogen (secondary N) is 2. The van der Waals surface area contributed by atoms with E-state index in [-0.39, 0.29) is 34.1 Å². The molecular weight excluding hydrogens is 473 g/mol. The highest BCUT2D eigenvalue weighted by Crippen LogP contribution is 2.38. The van der Waals surface area contributed by atoms with Crippen molar-refractivity contribution in [1.82, 2.24) is 14.6 Å². The smallest absolute Gasteiger partial charge is 0.433 e. The van der Waals surface area contributed by atoms with Gasteiger partial charge < -0.3 is 10.1 Å². The number of rotatable bonds is 5. The minimum Gasteiger partial charge on any atom is -0.488 e. The van der Waals surface area contributed by atoms with Crippen LogP contribution in [-0.4, -0.2) is 26.6 Å². The number of hydrogen-bond donors (Lipinski definition) is 2. The minimum atomic E-state index is -4.78. The Bertz CT molecular complexity index is 1490. The number of para-hydroxylation sites is 2. The highest BCUT2D eigenvalue weighted by atomic mass is 19.4. The Hall–Kier alpha value is -4.08. The molecule has 5 rings (SSSR count). The third-order valence-corrected chi connectivity index (χ3v) is 6.27. The second-order valence-corrected chi connectivity index (χ2v) is 8.74. The van der Waals surface area contributed by atoms with Crippen LogP contribution in [0.25, 0.3) is 16.8 Å². The first-order valence-corrected chi connectivity index (χ1v) is 11.6. The zero-order valence-corrected chi connectivity index (χ0v) is 19.4. The minimum absolute atomic E-state index is 0.0107. The second kappa shape index (κ2) is 9.18. The Labute approximate surface area is 203 Å². The number of carbonyl (C=O) groups excluding carboxylic acids is 1. The van der Waals surface area contributed by atoms with E-state index in [0.29, 0.717) is 16.0 Å². The molecule has 7 nitrogen and oxygen atoms in total. The van der Waals surface area contributed by atoms with E-state index in [1.807, 2.05) is 0 Å². The third-order valence-electron chi connectivity index (χ3n) is 6.27. The first-order valence-electron chi connectivity index (χ1n) is 11.6. The molecule has 2 heterocycles. The number of halogens is 3. The number of aryl methyl sites for hydroxylation is 1. The number of fused-ring (bicyclic) bond motifs is 1. The molecule has 0 saturated heterocycles. The maximum Gasteiger partial charge on any atom is 0.433 e. The predicted molar refractivity (Wildman–Crippen MR) is 128 cm³/mol. The van der Waals surface area contributed by atoms with Gasteiger partial charge in [-0.25, -0.2) is 4.98 Å². The Morgan fingerprint density at radius 2 is 1.75 bits per heavy atom. The number of H-pyrrole nitrogens is 1. The molecular formula is C26H23F3N4O3. The van der Waals surface area contributed by atoms with Crippen molar-refractivity contribution in [2.75, 3.05) is 5.32 Å². The van der Waals surface area contributed by atoms with Gasteiger partial charge in [0.1, 0.15) is 17.0 Å². The SMILES string of the molecule is Cc1nc2c(-c3ccccc3)c(C(F)(F)F)[nH]n2c(=O)c1C(=O)Nc1ccccc1OC1CCCC1. The molecule has 0 atom stereocenters. The summed E-state index contributed by atoms with van der Waals surface area (Å²) in [6.07, 6.45) is -0.755. The monoisotopic (exact) mass is 496 g/mol. The van der Waals surface area contributed by atoms with Crippen molar-refractivity contribution in [1.29, 1.82) is 0 Å². The highest BCUT2D eigenvalue weighted by Gasteiger charge is 2.38. The van der Waals surface area contributed by atoms with Crippen LogP contribution in [0.3, 0.4) is 0 Å². The van der Waals surface area contributed by atoms with Crippen molar-refractivity contribution in [2.24, 2.45) is 0 Å². The molecule has 36 heavy (non-hydrogen) atoms. The van der Waals surface area contributed by atoms with Gasteiger partial charge in [-0.3, -0.25) is 14.7 Å². The molecule has 1 aliphatic rings. The lowest BCUT2D eigenvalue weighted by atomic mass is 10.1. The molecule has 4 aromatic rings. The number of aromatic nitrogens is 3. The number of benzene rings is 2. The molecule has 2 aromatic heterocycles. The van der Waals surface area contributed by atoms with Crippen molar-refractivity contribution in [2.45, 2.75) is 44.9 Å². The van der Waals surface area contributed by atoms with E-state index in [1.54, 1.807) is 42.5 Å². The van der Waals surface area contributed by atoms with E-state index < -0.39 is 23.3 Å². The van der Waals surface area contributed by atoms with Crippen molar-refractivity contribution >= 4 is 17.2 Å². The fourth-order valence-electron chi connectivity index (χ4n) is 4.57. The van der Waals surface area contributed by atoms with Crippen LogP contribution in [0.15, 0.2) is 59.4 Å². The Morgan fingerprint density at radius 1 is 1.08 bits per heavy atom. The van der Waals surface area contributed by atoms with Gasteiger partial charge in [-0.2, -0.15) is 17.7 Å². The number of aromatic amines is 1. The van der Waals surface area contributed by atoms with E-state index in [0.717, 1.165) is 25.7 Å². The lowest BCUT2D eigenvalue weighted by molar-refractivity contribution is -0.140. The summed E-state index contributed by atoms with van der Waals surface area (Å²) in [6.45, 7) is 1.42. The normalized spacial score (nSPS) is 14.3. The summed E-state index contributed by atoms with van der Waals surface area (Å²) in [4.78, 5) is 30.7. The lowest BCUT2D eigenvalue weighted by Gasteiger charge is -2.17. The van der Waals surface area contributed by atoms with Crippen LogP contribution in [0.5, 0.6) is 5.75 Å².